The van der Waals surface area contributed by atoms with Crippen molar-refractivity contribution in [2.75, 3.05) is 18.0 Å². The summed E-state index contributed by atoms with van der Waals surface area (Å²) in [5.74, 6) is 1.28. The van der Waals surface area contributed by atoms with Gasteiger partial charge in [-0.15, -0.1) is 0 Å². The van der Waals surface area contributed by atoms with Crippen molar-refractivity contribution in [3.63, 3.8) is 0 Å². The first kappa shape index (κ1) is 15.0. The SMILES string of the molecule is Cc1nc(N2CCC(O)C(F)C2)c2cnn(-c3ccccc3)c2n1. The van der Waals surface area contributed by atoms with Crippen LogP contribution in [0.15, 0.2) is 36.5 Å². The van der Waals surface area contributed by atoms with Crippen LogP contribution < -0.4 is 4.90 Å². The fraction of sp³-hybridized carbons (Fsp3) is 0.353. The van der Waals surface area contributed by atoms with Crippen LogP contribution in [-0.2, 0) is 0 Å². The highest BCUT2D eigenvalue weighted by Crippen LogP contribution is 2.28. The number of rotatable bonds is 2. The normalized spacial score (nSPS) is 21.4. The maximum absolute atomic E-state index is 13.9. The van der Waals surface area contributed by atoms with Crippen LogP contribution in [0.25, 0.3) is 16.7 Å². The molecule has 1 fully saturated rings. The van der Waals surface area contributed by atoms with Crippen molar-refractivity contribution in [1.82, 2.24) is 19.7 Å². The molecule has 1 N–H and O–H groups in total. The summed E-state index contributed by atoms with van der Waals surface area (Å²) in [6, 6.07) is 9.74. The summed E-state index contributed by atoms with van der Waals surface area (Å²) in [5.41, 5.74) is 1.61. The zero-order chi connectivity index (χ0) is 16.7. The Balaban J connectivity index is 1.82. The Hall–Kier alpha value is -2.54. The summed E-state index contributed by atoms with van der Waals surface area (Å²) >= 11 is 0. The van der Waals surface area contributed by atoms with Gasteiger partial charge in [0.05, 0.1) is 29.9 Å². The molecule has 0 amide bonds. The van der Waals surface area contributed by atoms with E-state index >= 15 is 0 Å². The summed E-state index contributed by atoms with van der Waals surface area (Å²) < 4.78 is 15.7. The van der Waals surface area contributed by atoms with Crippen LogP contribution in [0.2, 0.25) is 0 Å². The lowest BCUT2D eigenvalue weighted by Crippen LogP contribution is -2.45. The number of halogens is 1. The number of piperidine rings is 1. The van der Waals surface area contributed by atoms with Crippen LogP contribution in [0.4, 0.5) is 10.2 Å². The van der Waals surface area contributed by atoms with Crippen molar-refractivity contribution in [2.24, 2.45) is 0 Å². The van der Waals surface area contributed by atoms with Crippen LogP contribution >= 0.6 is 0 Å². The Morgan fingerprint density at radius 3 is 2.75 bits per heavy atom. The monoisotopic (exact) mass is 327 g/mol. The molecule has 4 rings (SSSR count). The summed E-state index contributed by atoms with van der Waals surface area (Å²) in [7, 11) is 0. The first-order chi connectivity index (χ1) is 11.6. The van der Waals surface area contributed by atoms with Gasteiger partial charge in [-0.2, -0.15) is 5.10 Å². The van der Waals surface area contributed by atoms with E-state index in [0.29, 0.717) is 30.3 Å². The molecule has 3 heterocycles. The minimum Gasteiger partial charge on any atom is -0.390 e. The average Bonchev–Trinajstić information content (AvgIpc) is 3.01. The lowest BCUT2D eigenvalue weighted by Gasteiger charge is -2.33. The van der Waals surface area contributed by atoms with Gasteiger partial charge in [-0.1, -0.05) is 18.2 Å². The number of aromatic nitrogens is 4. The third-order valence-corrected chi connectivity index (χ3v) is 4.33. The number of aliphatic hydroxyl groups is 1. The van der Waals surface area contributed by atoms with Gasteiger partial charge in [0.2, 0.25) is 0 Å². The second-order valence-corrected chi connectivity index (χ2v) is 6.04. The first-order valence-electron chi connectivity index (χ1n) is 7.98. The van der Waals surface area contributed by atoms with Gasteiger partial charge in [-0.3, -0.25) is 0 Å². The molecule has 1 aromatic carbocycles. The van der Waals surface area contributed by atoms with Gasteiger partial charge in [0.25, 0.3) is 0 Å². The van der Waals surface area contributed by atoms with Crippen LogP contribution in [0.1, 0.15) is 12.2 Å². The molecular weight excluding hydrogens is 309 g/mol. The molecule has 24 heavy (non-hydrogen) atoms. The quantitative estimate of drug-likeness (QED) is 0.780. The van der Waals surface area contributed by atoms with E-state index in [4.69, 9.17) is 0 Å². The molecule has 0 radical (unpaired) electrons. The van der Waals surface area contributed by atoms with Crippen molar-refractivity contribution >= 4 is 16.9 Å². The largest absolute Gasteiger partial charge is 0.390 e. The number of benzene rings is 1. The highest BCUT2D eigenvalue weighted by atomic mass is 19.1. The Labute approximate surface area is 138 Å². The van der Waals surface area contributed by atoms with E-state index in [1.54, 1.807) is 10.9 Å². The molecule has 2 unspecified atom stereocenters. The van der Waals surface area contributed by atoms with E-state index in [1.165, 1.54) is 0 Å². The summed E-state index contributed by atoms with van der Waals surface area (Å²) in [6.07, 6.45) is -0.0616. The van der Waals surface area contributed by atoms with Crippen LogP contribution in [-0.4, -0.2) is 50.2 Å². The molecule has 1 aliphatic rings. The Bertz CT molecular complexity index is 866. The number of anilines is 1. The van der Waals surface area contributed by atoms with Gasteiger partial charge in [-0.05, 0) is 25.5 Å². The summed E-state index contributed by atoms with van der Waals surface area (Å²) in [6.45, 7) is 2.50. The number of aryl methyl sites for hydroxylation is 1. The Morgan fingerprint density at radius 2 is 2.00 bits per heavy atom. The van der Waals surface area contributed by atoms with E-state index in [-0.39, 0.29) is 6.54 Å². The molecule has 1 aliphatic heterocycles. The van der Waals surface area contributed by atoms with E-state index < -0.39 is 12.3 Å². The third-order valence-electron chi connectivity index (χ3n) is 4.33. The number of hydrogen-bond donors (Lipinski definition) is 1. The number of para-hydroxylation sites is 1. The number of nitrogens with zero attached hydrogens (tertiary/aromatic N) is 5. The highest BCUT2D eigenvalue weighted by molar-refractivity contribution is 5.88. The molecule has 1 saturated heterocycles. The van der Waals surface area contributed by atoms with Crippen molar-refractivity contribution in [3.05, 3.63) is 42.4 Å². The van der Waals surface area contributed by atoms with Crippen LogP contribution in [0.5, 0.6) is 0 Å². The minimum atomic E-state index is -1.27. The smallest absolute Gasteiger partial charge is 0.168 e. The molecule has 6 nitrogen and oxygen atoms in total. The predicted molar refractivity (Wildman–Crippen MR) is 89.1 cm³/mol. The topological polar surface area (TPSA) is 67.1 Å². The van der Waals surface area contributed by atoms with Crippen LogP contribution in [0.3, 0.4) is 0 Å². The molecule has 3 aromatic rings. The molecule has 2 aromatic heterocycles. The molecule has 124 valence electrons. The van der Waals surface area contributed by atoms with Crippen molar-refractivity contribution in [2.45, 2.75) is 25.6 Å². The predicted octanol–water partition coefficient (Wildman–Crippen LogP) is 2.03. The fourth-order valence-electron chi connectivity index (χ4n) is 3.08. The average molecular weight is 327 g/mol. The molecule has 0 saturated carbocycles. The number of hydrogen-bond acceptors (Lipinski definition) is 5. The molecule has 0 aliphatic carbocycles. The second-order valence-electron chi connectivity index (χ2n) is 6.04. The molecular formula is C17H18FN5O. The van der Waals surface area contributed by atoms with Gasteiger partial charge in [0, 0.05) is 6.54 Å². The Kier molecular flexibility index (Phi) is 3.65. The second kappa shape index (κ2) is 5.83. The van der Waals surface area contributed by atoms with Gasteiger partial charge in [-0.25, -0.2) is 19.0 Å². The highest BCUT2D eigenvalue weighted by Gasteiger charge is 2.29. The minimum absolute atomic E-state index is 0.128. The van der Waals surface area contributed by atoms with E-state index in [2.05, 4.69) is 15.1 Å². The number of fused-ring (bicyclic) bond motifs is 1. The molecule has 0 bridgehead atoms. The zero-order valence-electron chi connectivity index (χ0n) is 13.3. The van der Waals surface area contributed by atoms with Gasteiger partial charge in [0.1, 0.15) is 17.8 Å². The number of aliphatic hydroxyl groups excluding tert-OH is 1. The molecule has 7 heteroatoms. The van der Waals surface area contributed by atoms with Gasteiger partial charge < -0.3 is 10.0 Å². The summed E-state index contributed by atoms with van der Waals surface area (Å²) in [4.78, 5) is 10.9. The van der Waals surface area contributed by atoms with Gasteiger partial charge in [0.15, 0.2) is 5.65 Å². The lowest BCUT2D eigenvalue weighted by molar-refractivity contribution is 0.0614. The van der Waals surface area contributed by atoms with Crippen molar-refractivity contribution in [3.8, 4) is 5.69 Å². The molecule has 2 atom stereocenters. The van der Waals surface area contributed by atoms with Gasteiger partial charge >= 0.3 is 0 Å². The first-order valence-corrected chi connectivity index (χ1v) is 7.98. The van der Waals surface area contributed by atoms with E-state index in [1.807, 2.05) is 42.2 Å². The van der Waals surface area contributed by atoms with Crippen molar-refractivity contribution < 1.29 is 9.50 Å². The van der Waals surface area contributed by atoms with E-state index in [0.717, 1.165) is 11.1 Å². The summed E-state index contributed by atoms with van der Waals surface area (Å²) in [5, 5.41) is 14.8. The number of alkyl halides is 1. The van der Waals surface area contributed by atoms with E-state index in [9.17, 15) is 9.50 Å². The lowest BCUT2D eigenvalue weighted by atomic mass is 10.1. The molecule has 0 spiro atoms. The maximum atomic E-state index is 13.9. The zero-order valence-corrected chi connectivity index (χ0v) is 13.3. The van der Waals surface area contributed by atoms with Crippen molar-refractivity contribution in [1.29, 1.82) is 0 Å². The third kappa shape index (κ3) is 2.50. The maximum Gasteiger partial charge on any atom is 0.168 e. The Morgan fingerprint density at radius 1 is 1.21 bits per heavy atom. The standard InChI is InChI=1S/C17H18FN5O/c1-11-20-16(22-8-7-15(24)14(18)10-22)13-9-19-23(17(13)21-11)12-5-3-2-4-6-12/h2-6,9,14-15,24H,7-8,10H2,1H3. The van der Waals surface area contributed by atoms with Crippen LogP contribution in [0, 0.1) is 6.92 Å². The fourth-order valence-corrected chi connectivity index (χ4v) is 3.08.